The zero-order valence-electron chi connectivity index (χ0n) is 20.6. The number of H-pyrrole nitrogens is 1. The van der Waals surface area contributed by atoms with Crippen LogP contribution in [0.5, 0.6) is 0 Å². The van der Waals surface area contributed by atoms with E-state index in [4.69, 9.17) is 0 Å². The van der Waals surface area contributed by atoms with Crippen LogP contribution in [0.3, 0.4) is 0 Å². The molecule has 39 heavy (non-hydrogen) atoms. The van der Waals surface area contributed by atoms with E-state index in [1.54, 1.807) is 42.5 Å². The lowest BCUT2D eigenvalue weighted by Gasteiger charge is -2.12. The van der Waals surface area contributed by atoms with E-state index in [0.29, 0.717) is 16.5 Å². The fourth-order valence-corrected chi connectivity index (χ4v) is 6.60. The topological polar surface area (TPSA) is 105 Å². The van der Waals surface area contributed by atoms with Crippen LogP contribution in [0.1, 0.15) is 11.3 Å². The number of fused-ring (bicyclic) bond motifs is 4. The van der Waals surface area contributed by atoms with Gasteiger partial charge in [-0.15, -0.1) is 0 Å². The number of para-hydroxylation sites is 1. The fourth-order valence-electron chi connectivity index (χ4n) is 5.21. The zero-order chi connectivity index (χ0) is 26.6. The molecular weight excluding hydrogens is 515 g/mol. The third kappa shape index (κ3) is 3.96. The van der Waals surface area contributed by atoms with Crippen molar-refractivity contribution in [2.75, 3.05) is 11.9 Å². The van der Waals surface area contributed by atoms with Gasteiger partial charge in [-0.1, -0.05) is 36.4 Å². The molecule has 8 nitrogen and oxygen atoms in total. The van der Waals surface area contributed by atoms with E-state index < -0.39 is 15.8 Å². The molecule has 3 aromatic heterocycles. The van der Waals surface area contributed by atoms with Crippen LogP contribution in [0, 0.1) is 5.82 Å². The number of aromatic amines is 1. The van der Waals surface area contributed by atoms with Crippen molar-refractivity contribution >= 4 is 43.5 Å². The maximum atomic E-state index is 15.2. The number of rotatable bonds is 5. The van der Waals surface area contributed by atoms with Crippen molar-refractivity contribution in [2.45, 2.75) is 17.9 Å². The number of aromatic nitrogens is 4. The molecule has 0 saturated carbocycles. The predicted molar refractivity (Wildman–Crippen MR) is 149 cm³/mol. The van der Waals surface area contributed by atoms with E-state index >= 15 is 4.39 Å². The molecule has 0 bridgehead atoms. The Morgan fingerprint density at radius 1 is 0.974 bits per heavy atom. The molecule has 194 valence electrons. The SMILES string of the molecule is O=S(=O)(c1ccccc1)n1cc(-c2nc(Nc3ccc4[nH]c5c(c4c3)CNCC5)ncc2F)c2ccccc21. The second kappa shape index (κ2) is 9.04. The number of benzene rings is 3. The first-order valence-electron chi connectivity index (χ1n) is 12.5. The van der Waals surface area contributed by atoms with Crippen LogP contribution in [0.15, 0.2) is 90.1 Å². The van der Waals surface area contributed by atoms with Crippen molar-refractivity contribution in [3.05, 3.63) is 102 Å². The van der Waals surface area contributed by atoms with E-state index in [1.165, 1.54) is 33.6 Å². The molecule has 1 aliphatic heterocycles. The molecule has 4 heterocycles. The van der Waals surface area contributed by atoms with Crippen molar-refractivity contribution in [2.24, 2.45) is 0 Å². The zero-order valence-corrected chi connectivity index (χ0v) is 21.5. The van der Waals surface area contributed by atoms with E-state index in [9.17, 15) is 8.42 Å². The van der Waals surface area contributed by atoms with Gasteiger partial charge in [-0.3, -0.25) is 0 Å². The van der Waals surface area contributed by atoms with Gasteiger partial charge in [-0.25, -0.2) is 26.7 Å². The Morgan fingerprint density at radius 2 is 1.79 bits per heavy atom. The first-order chi connectivity index (χ1) is 19.0. The molecule has 6 aromatic rings. The number of anilines is 2. The number of nitrogens with one attached hydrogen (secondary N) is 3. The van der Waals surface area contributed by atoms with Gasteiger partial charge in [0.15, 0.2) is 5.82 Å². The molecule has 7 rings (SSSR count). The molecule has 0 atom stereocenters. The highest BCUT2D eigenvalue weighted by Crippen LogP contribution is 2.34. The van der Waals surface area contributed by atoms with Crippen LogP contribution < -0.4 is 10.6 Å². The minimum atomic E-state index is -3.92. The van der Waals surface area contributed by atoms with Gasteiger partial charge in [0.05, 0.1) is 16.6 Å². The molecule has 1 aliphatic rings. The summed E-state index contributed by atoms with van der Waals surface area (Å²) in [7, 11) is -3.92. The Labute approximate surface area is 223 Å². The van der Waals surface area contributed by atoms with Gasteiger partial charge in [0.1, 0.15) is 5.69 Å². The van der Waals surface area contributed by atoms with Gasteiger partial charge in [0, 0.05) is 58.9 Å². The summed E-state index contributed by atoms with van der Waals surface area (Å²) in [5.74, 6) is -0.446. The maximum Gasteiger partial charge on any atom is 0.268 e. The van der Waals surface area contributed by atoms with E-state index in [1.807, 2.05) is 18.2 Å². The summed E-state index contributed by atoms with van der Waals surface area (Å²) in [5.41, 5.74) is 5.10. The molecule has 0 amide bonds. The molecule has 0 radical (unpaired) electrons. The molecule has 0 fully saturated rings. The summed E-state index contributed by atoms with van der Waals surface area (Å²) in [6.07, 6.45) is 3.47. The van der Waals surface area contributed by atoms with Crippen LogP contribution in [0.25, 0.3) is 33.1 Å². The Hall–Kier alpha value is -4.54. The van der Waals surface area contributed by atoms with Crippen LogP contribution >= 0.6 is 0 Å². The summed E-state index contributed by atoms with van der Waals surface area (Å²) < 4.78 is 43.3. The standard InChI is InChI=1S/C29H23FN6O2S/c30-24-16-32-29(33-18-10-11-25-21(14-18)22-15-31-13-12-26(22)34-25)35-28(24)23-17-36(27-9-5-4-8-20(23)27)39(37,38)19-6-2-1-3-7-19/h1-11,14,16-17,31,34H,12-13,15H2,(H,32,33,35). The molecule has 3 N–H and O–H groups in total. The van der Waals surface area contributed by atoms with Gasteiger partial charge in [-0.2, -0.15) is 0 Å². The van der Waals surface area contributed by atoms with Crippen LogP contribution in [-0.4, -0.2) is 33.9 Å². The Bertz CT molecular complexity index is 1980. The Morgan fingerprint density at radius 3 is 2.67 bits per heavy atom. The lowest BCUT2D eigenvalue weighted by atomic mass is 10.1. The summed E-state index contributed by atoms with van der Waals surface area (Å²) in [5, 5.41) is 8.27. The second-order valence-corrected chi connectivity index (χ2v) is 11.3. The molecule has 0 aliphatic carbocycles. The largest absolute Gasteiger partial charge is 0.358 e. The number of hydrogen-bond acceptors (Lipinski definition) is 6. The maximum absolute atomic E-state index is 15.2. The average Bonchev–Trinajstić information content (AvgIpc) is 3.54. The summed E-state index contributed by atoms with van der Waals surface area (Å²) in [6.45, 7) is 1.74. The smallest absolute Gasteiger partial charge is 0.268 e. The molecule has 0 saturated heterocycles. The minimum absolute atomic E-state index is 0.00927. The number of nitrogens with zero attached hydrogens (tertiary/aromatic N) is 3. The molecule has 10 heteroatoms. The highest BCUT2D eigenvalue weighted by Gasteiger charge is 2.24. The Balaban J connectivity index is 1.31. The molecular formula is C29H23FN6O2S. The molecule has 0 unspecified atom stereocenters. The Kier molecular flexibility index (Phi) is 5.46. The molecule has 0 spiro atoms. The van der Waals surface area contributed by atoms with Crippen LogP contribution in [0.2, 0.25) is 0 Å². The lowest BCUT2D eigenvalue weighted by Crippen LogP contribution is -2.22. The highest BCUT2D eigenvalue weighted by atomic mass is 32.2. The highest BCUT2D eigenvalue weighted by molar-refractivity contribution is 7.90. The van der Waals surface area contributed by atoms with Crippen LogP contribution in [-0.2, 0) is 23.0 Å². The van der Waals surface area contributed by atoms with Gasteiger partial charge in [-0.05, 0) is 42.0 Å². The third-order valence-electron chi connectivity index (χ3n) is 7.08. The van der Waals surface area contributed by atoms with Gasteiger partial charge < -0.3 is 15.6 Å². The van der Waals surface area contributed by atoms with Gasteiger partial charge in [0.2, 0.25) is 5.95 Å². The summed E-state index contributed by atoms with van der Waals surface area (Å²) in [6, 6.07) is 21.1. The second-order valence-electron chi connectivity index (χ2n) is 9.46. The summed E-state index contributed by atoms with van der Waals surface area (Å²) in [4.78, 5) is 12.3. The van der Waals surface area contributed by atoms with Crippen LogP contribution in [0.4, 0.5) is 16.0 Å². The minimum Gasteiger partial charge on any atom is -0.358 e. The van der Waals surface area contributed by atoms with Crippen molar-refractivity contribution in [1.29, 1.82) is 0 Å². The van der Waals surface area contributed by atoms with E-state index in [0.717, 1.165) is 42.3 Å². The van der Waals surface area contributed by atoms with E-state index in [-0.39, 0.29) is 16.5 Å². The fraction of sp³-hybridized carbons (Fsp3) is 0.103. The average molecular weight is 539 g/mol. The predicted octanol–water partition coefficient (Wildman–Crippen LogP) is 5.35. The number of hydrogen-bond donors (Lipinski definition) is 3. The van der Waals surface area contributed by atoms with Gasteiger partial charge in [0.25, 0.3) is 10.0 Å². The first-order valence-corrected chi connectivity index (χ1v) is 14.0. The van der Waals surface area contributed by atoms with Crippen molar-refractivity contribution in [3.63, 3.8) is 0 Å². The quantitative estimate of drug-likeness (QED) is 0.274. The van der Waals surface area contributed by atoms with Crippen molar-refractivity contribution in [1.82, 2.24) is 24.2 Å². The third-order valence-corrected chi connectivity index (χ3v) is 8.77. The van der Waals surface area contributed by atoms with Gasteiger partial charge >= 0.3 is 0 Å². The number of halogens is 1. The monoisotopic (exact) mass is 538 g/mol. The van der Waals surface area contributed by atoms with E-state index in [2.05, 4.69) is 25.6 Å². The van der Waals surface area contributed by atoms with Crippen molar-refractivity contribution in [3.8, 4) is 11.3 Å². The molecule has 3 aromatic carbocycles. The summed E-state index contributed by atoms with van der Waals surface area (Å²) >= 11 is 0. The van der Waals surface area contributed by atoms with Crippen molar-refractivity contribution < 1.29 is 12.8 Å². The first kappa shape index (κ1) is 23.6. The lowest BCUT2D eigenvalue weighted by molar-refractivity contribution is 0.589. The normalized spacial score (nSPS) is 13.6.